The van der Waals surface area contributed by atoms with Crippen LogP contribution in [0.3, 0.4) is 0 Å². The van der Waals surface area contributed by atoms with E-state index in [0.29, 0.717) is 19.4 Å². The maximum Gasteiger partial charge on any atom is 0.223 e. The van der Waals surface area contributed by atoms with Crippen LogP contribution in [-0.4, -0.2) is 23.6 Å². The second kappa shape index (κ2) is 6.18. The van der Waals surface area contributed by atoms with Crippen molar-refractivity contribution in [3.05, 3.63) is 35.4 Å². The maximum atomic E-state index is 11.7. The number of hydrogen-bond donors (Lipinski definition) is 0. The molecule has 0 fully saturated rings. The van der Waals surface area contributed by atoms with Gasteiger partial charge in [-0.05, 0) is 19.4 Å². The van der Waals surface area contributed by atoms with Gasteiger partial charge < -0.3 is 9.69 Å². The van der Waals surface area contributed by atoms with Crippen molar-refractivity contribution in [1.82, 2.24) is 4.90 Å². The van der Waals surface area contributed by atoms with Crippen molar-refractivity contribution in [3.63, 3.8) is 0 Å². The lowest BCUT2D eigenvalue weighted by molar-refractivity contribution is -0.132. The predicted octanol–water partition coefficient (Wildman–Crippen LogP) is 2.32. The first-order chi connectivity index (χ1) is 7.99. The molecule has 1 aromatic carbocycles. The Morgan fingerprint density at radius 1 is 1.12 bits per heavy atom. The van der Waals surface area contributed by atoms with Crippen LogP contribution >= 0.6 is 0 Å². The fourth-order valence-corrected chi connectivity index (χ4v) is 1.53. The third-order valence-corrected chi connectivity index (χ3v) is 2.66. The molecule has 3 nitrogen and oxygen atoms in total. The molecule has 0 aromatic heterocycles. The Labute approximate surface area is 102 Å². The van der Waals surface area contributed by atoms with Crippen LogP contribution in [0, 0.1) is 6.92 Å². The Morgan fingerprint density at radius 3 is 2.24 bits per heavy atom. The quantitative estimate of drug-likeness (QED) is 0.782. The number of carbonyl (C=O) groups excluding carboxylic acids is 2. The first kappa shape index (κ1) is 13.4. The van der Waals surface area contributed by atoms with Crippen LogP contribution in [-0.2, 0) is 16.1 Å². The summed E-state index contributed by atoms with van der Waals surface area (Å²) < 4.78 is 0. The molecule has 0 saturated heterocycles. The Balaban J connectivity index is 2.48. The van der Waals surface area contributed by atoms with Crippen molar-refractivity contribution in [2.24, 2.45) is 0 Å². The van der Waals surface area contributed by atoms with E-state index in [1.165, 1.54) is 12.5 Å². The van der Waals surface area contributed by atoms with Gasteiger partial charge in [0.25, 0.3) is 0 Å². The minimum absolute atomic E-state index is 0.0146. The van der Waals surface area contributed by atoms with Crippen LogP contribution in [0.25, 0.3) is 0 Å². The summed E-state index contributed by atoms with van der Waals surface area (Å²) in [5.74, 6) is 0.0721. The number of carbonyl (C=O) groups is 2. The zero-order valence-electron chi connectivity index (χ0n) is 10.7. The predicted molar refractivity (Wildman–Crippen MR) is 67.6 cm³/mol. The van der Waals surface area contributed by atoms with E-state index in [1.54, 1.807) is 11.9 Å². The van der Waals surface area contributed by atoms with Crippen LogP contribution < -0.4 is 0 Å². The second-order valence-corrected chi connectivity index (χ2v) is 4.44. The highest BCUT2D eigenvalue weighted by Crippen LogP contribution is 2.07. The van der Waals surface area contributed by atoms with Gasteiger partial charge in [0.05, 0.1) is 0 Å². The fraction of sp³-hybridized carbons (Fsp3) is 0.429. The van der Waals surface area contributed by atoms with Gasteiger partial charge in [-0.3, -0.25) is 4.79 Å². The molecule has 0 atom stereocenters. The largest absolute Gasteiger partial charge is 0.341 e. The molecule has 0 bridgehead atoms. The summed E-state index contributed by atoms with van der Waals surface area (Å²) >= 11 is 0. The van der Waals surface area contributed by atoms with Crippen LogP contribution in [0.2, 0.25) is 0 Å². The molecule has 92 valence electrons. The highest BCUT2D eigenvalue weighted by molar-refractivity contribution is 5.83. The molecule has 0 radical (unpaired) electrons. The molecular weight excluding hydrogens is 214 g/mol. The van der Waals surface area contributed by atoms with Gasteiger partial charge in [-0.15, -0.1) is 0 Å². The summed E-state index contributed by atoms with van der Waals surface area (Å²) in [6, 6.07) is 8.10. The molecule has 0 aliphatic heterocycles. The Bertz CT molecular complexity index is 395. The molecule has 0 heterocycles. The molecule has 1 rings (SSSR count). The summed E-state index contributed by atoms with van der Waals surface area (Å²) in [6.07, 6.45) is 0.634. The van der Waals surface area contributed by atoms with Crippen molar-refractivity contribution in [2.45, 2.75) is 33.2 Å². The molecule has 17 heavy (non-hydrogen) atoms. The average Bonchev–Trinajstić information content (AvgIpc) is 2.28. The topological polar surface area (TPSA) is 37.4 Å². The van der Waals surface area contributed by atoms with E-state index in [1.807, 2.05) is 31.2 Å². The van der Waals surface area contributed by atoms with E-state index >= 15 is 0 Å². The normalized spacial score (nSPS) is 10.1. The fourth-order valence-electron chi connectivity index (χ4n) is 1.53. The van der Waals surface area contributed by atoms with E-state index in [-0.39, 0.29) is 11.7 Å². The lowest BCUT2D eigenvalue weighted by atomic mass is 10.1. The SMILES string of the molecule is CC(=O)CCC(=O)N(C)Cc1ccc(C)cc1. The number of benzene rings is 1. The summed E-state index contributed by atoms with van der Waals surface area (Å²) in [6.45, 7) is 4.13. The number of Topliss-reactive ketones (excluding diaryl/α,β-unsaturated/α-hetero) is 1. The van der Waals surface area contributed by atoms with Gasteiger partial charge in [-0.2, -0.15) is 0 Å². The number of amides is 1. The third-order valence-electron chi connectivity index (χ3n) is 2.66. The molecule has 0 unspecified atom stereocenters. The monoisotopic (exact) mass is 233 g/mol. The Kier molecular flexibility index (Phi) is 4.88. The molecule has 3 heteroatoms. The van der Waals surface area contributed by atoms with Gasteiger partial charge in [0.1, 0.15) is 5.78 Å². The van der Waals surface area contributed by atoms with Crippen molar-refractivity contribution >= 4 is 11.7 Å². The van der Waals surface area contributed by atoms with Gasteiger partial charge in [0.2, 0.25) is 5.91 Å². The van der Waals surface area contributed by atoms with Crippen molar-refractivity contribution in [1.29, 1.82) is 0 Å². The number of hydrogen-bond acceptors (Lipinski definition) is 2. The van der Waals surface area contributed by atoms with Crippen molar-refractivity contribution in [3.8, 4) is 0 Å². The summed E-state index contributed by atoms with van der Waals surface area (Å²) in [5, 5.41) is 0. The second-order valence-electron chi connectivity index (χ2n) is 4.44. The minimum Gasteiger partial charge on any atom is -0.341 e. The van der Waals surface area contributed by atoms with Crippen LogP contribution in [0.1, 0.15) is 30.9 Å². The summed E-state index contributed by atoms with van der Waals surface area (Å²) in [7, 11) is 1.77. The number of aryl methyl sites for hydroxylation is 1. The maximum absolute atomic E-state index is 11.7. The lowest BCUT2D eigenvalue weighted by Crippen LogP contribution is -2.26. The molecule has 0 aliphatic carbocycles. The molecular formula is C14H19NO2. The van der Waals surface area contributed by atoms with Crippen molar-refractivity contribution in [2.75, 3.05) is 7.05 Å². The van der Waals surface area contributed by atoms with Crippen LogP contribution in [0.4, 0.5) is 0 Å². The lowest BCUT2D eigenvalue weighted by Gasteiger charge is -2.17. The Morgan fingerprint density at radius 2 is 1.71 bits per heavy atom. The van der Waals surface area contributed by atoms with Gasteiger partial charge in [-0.25, -0.2) is 0 Å². The molecule has 0 aliphatic rings. The number of ketones is 1. The first-order valence-corrected chi connectivity index (χ1v) is 5.78. The zero-order chi connectivity index (χ0) is 12.8. The Hall–Kier alpha value is -1.64. The zero-order valence-corrected chi connectivity index (χ0v) is 10.7. The van der Waals surface area contributed by atoms with E-state index in [0.717, 1.165) is 5.56 Å². The molecule has 0 saturated carbocycles. The first-order valence-electron chi connectivity index (χ1n) is 5.78. The van der Waals surface area contributed by atoms with E-state index in [9.17, 15) is 9.59 Å². The smallest absolute Gasteiger partial charge is 0.223 e. The van der Waals surface area contributed by atoms with E-state index in [4.69, 9.17) is 0 Å². The minimum atomic E-state index is 0.0146. The van der Waals surface area contributed by atoms with Crippen molar-refractivity contribution < 1.29 is 9.59 Å². The van der Waals surface area contributed by atoms with Crippen LogP contribution in [0.15, 0.2) is 24.3 Å². The third kappa shape index (κ3) is 4.81. The highest BCUT2D eigenvalue weighted by atomic mass is 16.2. The van der Waals surface area contributed by atoms with Gasteiger partial charge in [-0.1, -0.05) is 29.8 Å². The number of nitrogens with zero attached hydrogens (tertiary/aromatic N) is 1. The van der Waals surface area contributed by atoms with Gasteiger partial charge >= 0.3 is 0 Å². The molecule has 1 aromatic rings. The molecule has 0 spiro atoms. The van der Waals surface area contributed by atoms with Crippen LogP contribution in [0.5, 0.6) is 0 Å². The van der Waals surface area contributed by atoms with Gasteiger partial charge in [0.15, 0.2) is 0 Å². The summed E-state index contributed by atoms with van der Waals surface area (Å²) in [5.41, 5.74) is 2.31. The molecule has 0 N–H and O–H groups in total. The highest BCUT2D eigenvalue weighted by Gasteiger charge is 2.09. The standard InChI is InChI=1S/C14H19NO2/c1-11-4-7-13(8-5-11)10-15(3)14(17)9-6-12(2)16/h4-5,7-8H,6,9-10H2,1-3H3. The molecule has 1 amide bonds. The summed E-state index contributed by atoms with van der Waals surface area (Å²) in [4.78, 5) is 24.1. The van der Waals surface area contributed by atoms with Gasteiger partial charge in [0, 0.05) is 26.4 Å². The van der Waals surface area contributed by atoms with E-state index in [2.05, 4.69) is 0 Å². The number of rotatable bonds is 5. The van der Waals surface area contributed by atoms with E-state index < -0.39 is 0 Å². The average molecular weight is 233 g/mol.